The molecular formula is C16H21NO3S. The molecule has 3 rings (SSSR count). The first-order valence-electron chi connectivity index (χ1n) is 7.61. The Morgan fingerprint density at radius 1 is 1.24 bits per heavy atom. The Hall–Kier alpha value is -1.36. The number of hydrogen-bond acceptors (Lipinski definition) is 4. The van der Waals surface area contributed by atoms with Crippen LogP contribution in [0.25, 0.3) is 0 Å². The van der Waals surface area contributed by atoms with Crippen molar-refractivity contribution in [2.75, 3.05) is 18.9 Å². The van der Waals surface area contributed by atoms with Crippen molar-refractivity contribution < 1.29 is 14.3 Å². The van der Waals surface area contributed by atoms with Crippen LogP contribution in [0, 0.1) is 0 Å². The van der Waals surface area contributed by atoms with Crippen molar-refractivity contribution in [3.05, 3.63) is 24.3 Å². The number of carbonyl (C=O) groups is 1. The molecule has 0 bridgehead atoms. The number of ether oxygens (including phenoxy) is 2. The first-order valence-corrected chi connectivity index (χ1v) is 8.65. The second-order valence-electron chi connectivity index (χ2n) is 5.43. The summed E-state index contributed by atoms with van der Waals surface area (Å²) in [5.74, 6) is 2.24. The molecule has 0 spiro atoms. The summed E-state index contributed by atoms with van der Waals surface area (Å²) in [6.45, 7) is 0.972. The van der Waals surface area contributed by atoms with E-state index in [2.05, 4.69) is 5.32 Å². The quantitative estimate of drug-likeness (QED) is 0.850. The molecule has 1 aliphatic heterocycles. The summed E-state index contributed by atoms with van der Waals surface area (Å²) in [7, 11) is 0. The van der Waals surface area contributed by atoms with Gasteiger partial charge in [0.05, 0.1) is 0 Å². The van der Waals surface area contributed by atoms with Gasteiger partial charge in [-0.25, -0.2) is 0 Å². The molecule has 0 unspecified atom stereocenters. The summed E-state index contributed by atoms with van der Waals surface area (Å²) >= 11 is 1.97. The van der Waals surface area contributed by atoms with Gasteiger partial charge in [-0.05, 0) is 25.0 Å². The van der Waals surface area contributed by atoms with Gasteiger partial charge < -0.3 is 14.8 Å². The van der Waals surface area contributed by atoms with Crippen molar-refractivity contribution in [1.82, 2.24) is 5.32 Å². The Morgan fingerprint density at radius 3 is 2.81 bits per heavy atom. The van der Waals surface area contributed by atoms with E-state index in [1.165, 1.54) is 25.7 Å². The molecule has 1 saturated carbocycles. The first kappa shape index (κ1) is 14.6. The van der Waals surface area contributed by atoms with E-state index in [0.717, 1.165) is 11.0 Å². The fourth-order valence-electron chi connectivity index (χ4n) is 2.72. The molecule has 4 nitrogen and oxygen atoms in total. The van der Waals surface area contributed by atoms with Crippen molar-refractivity contribution in [2.45, 2.75) is 37.0 Å². The van der Waals surface area contributed by atoms with Gasteiger partial charge in [0, 0.05) is 17.5 Å². The zero-order valence-corrected chi connectivity index (χ0v) is 12.9. The van der Waals surface area contributed by atoms with E-state index >= 15 is 0 Å². The van der Waals surface area contributed by atoms with Crippen molar-refractivity contribution in [3.63, 3.8) is 0 Å². The lowest BCUT2D eigenvalue weighted by Crippen LogP contribution is -2.44. The number of amides is 1. The number of hydrogen-bond donors (Lipinski definition) is 1. The molecule has 1 aromatic rings. The van der Waals surface area contributed by atoms with E-state index in [1.807, 2.05) is 36.0 Å². The van der Waals surface area contributed by atoms with Gasteiger partial charge in [0.25, 0.3) is 5.91 Å². The third-order valence-corrected chi connectivity index (χ3v) is 5.24. The predicted octanol–water partition coefficient (Wildman–Crippen LogP) is 2.62. The van der Waals surface area contributed by atoms with E-state index in [1.54, 1.807) is 0 Å². The van der Waals surface area contributed by atoms with Crippen LogP contribution in [0.3, 0.4) is 0 Å². The molecule has 1 aromatic carbocycles. The molecule has 0 radical (unpaired) electrons. The highest BCUT2D eigenvalue weighted by Crippen LogP contribution is 2.31. The van der Waals surface area contributed by atoms with Crippen LogP contribution in [0.4, 0.5) is 0 Å². The summed E-state index contributed by atoms with van der Waals surface area (Å²) in [6, 6.07) is 7.44. The molecule has 114 valence electrons. The van der Waals surface area contributed by atoms with E-state index in [9.17, 15) is 4.79 Å². The van der Waals surface area contributed by atoms with Crippen molar-refractivity contribution >= 4 is 17.7 Å². The zero-order valence-electron chi connectivity index (χ0n) is 12.0. The summed E-state index contributed by atoms with van der Waals surface area (Å²) < 4.78 is 11.2. The van der Waals surface area contributed by atoms with Gasteiger partial charge >= 0.3 is 0 Å². The van der Waals surface area contributed by atoms with Gasteiger partial charge in [-0.2, -0.15) is 11.8 Å². The second-order valence-corrected chi connectivity index (χ2v) is 6.84. The van der Waals surface area contributed by atoms with Gasteiger partial charge in [0.2, 0.25) is 6.10 Å². The molecule has 1 fully saturated rings. The molecule has 1 atom stereocenters. The second kappa shape index (κ2) is 7.07. The molecule has 1 amide bonds. The standard InChI is InChI=1S/C16H21NO3S/c18-16(17-9-10-21-12-5-1-2-6-12)15-11-19-13-7-3-4-8-14(13)20-15/h3-4,7-8,12,15H,1-2,5-6,9-11H2,(H,17,18)/t15-/m0/s1. The fraction of sp³-hybridized carbons (Fsp3) is 0.562. The zero-order chi connectivity index (χ0) is 14.5. The number of para-hydroxylation sites is 2. The van der Waals surface area contributed by atoms with Gasteiger partial charge in [0.1, 0.15) is 6.61 Å². The Labute approximate surface area is 129 Å². The Bertz CT molecular complexity index is 488. The highest BCUT2D eigenvalue weighted by molar-refractivity contribution is 7.99. The molecule has 0 aromatic heterocycles. The van der Waals surface area contributed by atoms with E-state index < -0.39 is 6.10 Å². The van der Waals surface area contributed by atoms with Crippen LogP contribution in [-0.4, -0.2) is 36.2 Å². The average molecular weight is 307 g/mol. The maximum absolute atomic E-state index is 12.1. The molecule has 21 heavy (non-hydrogen) atoms. The van der Waals surface area contributed by atoms with Crippen LogP contribution in [0.15, 0.2) is 24.3 Å². The molecule has 5 heteroatoms. The van der Waals surface area contributed by atoms with Crippen molar-refractivity contribution in [2.24, 2.45) is 0 Å². The number of benzene rings is 1. The van der Waals surface area contributed by atoms with Gasteiger partial charge in [0.15, 0.2) is 11.5 Å². The summed E-state index contributed by atoms with van der Waals surface area (Å²) in [6.07, 6.45) is 4.83. The van der Waals surface area contributed by atoms with Crippen LogP contribution in [-0.2, 0) is 4.79 Å². The van der Waals surface area contributed by atoms with Gasteiger partial charge in [-0.3, -0.25) is 4.79 Å². The maximum atomic E-state index is 12.1. The Morgan fingerprint density at radius 2 is 2.00 bits per heavy atom. The number of rotatable bonds is 5. The minimum atomic E-state index is -0.545. The first-order chi connectivity index (χ1) is 10.3. The van der Waals surface area contributed by atoms with Crippen LogP contribution < -0.4 is 14.8 Å². The number of thioether (sulfide) groups is 1. The predicted molar refractivity (Wildman–Crippen MR) is 84.1 cm³/mol. The Balaban J connectivity index is 1.40. The van der Waals surface area contributed by atoms with Gasteiger partial charge in [-0.15, -0.1) is 0 Å². The summed E-state index contributed by atoms with van der Waals surface area (Å²) in [5, 5.41) is 3.74. The minimum Gasteiger partial charge on any atom is -0.485 e. The smallest absolute Gasteiger partial charge is 0.264 e. The lowest BCUT2D eigenvalue weighted by Gasteiger charge is -2.25. The molecular weight excluding hydrogens is 286 g/mol. The van der Waals surface area contributed by atoms with Crippen LogP contribution in [0.2, 0.25) is 0 Å². The van der Waals surface area contributed by atoms with Crippen molar-refractivity contribution in [3.8, 4) is 11.5 Å². The fourth-order valence-corrected chi connectivity index (χ4v) is 3.94. The molecule has 1 aliphatic carbocycles. The lowest BCUT2D eigenvalue weighted by molar-refractivity contribution is -0.130. The third kappa shape index (κ3) is 3.84. The highest BCUT2D eigenvalue weighted by atomic mass is 32.2. The number of carbonyl (C=O) groups excluding carboxylic acids is 1. The largest absolute Gasteiger partial charge is 0.485 e. The number of fused-ring (bicyclic) bond motifs is 1. The SMILES string of the molecule is O=C(NCCSC1CCCC1)[C@@H]1COc2ccccc2O1. The normalized spacial score (nSPS) is 21.2. The average Bonchev–Trinajstić information content (AvgIpc) is 3.04. The highest BCUT2D eigenvalue weighted by Gasteiger charge is 2.26. The molecule has 2 aliphatic rings. The number of nitrogens with one attached hydrogen (secondary N) is 1. The molecule has 1 heterocycles. The van der Waals surface area contributed by atoms with E-state index in [4.69, 9.17) is 9.47 Å². The molecule has 1 N–H and O–H groups in total. The van der Waals surface area contributed by atoms with E-state index in [-0.39, 0.29) is 12.5 Å². The minimum absolute atomic E-state index is 0.0866. The topological polar surface area (TPSA) is 47.6 Å². The molecule has 0 saturated heterocycles. The van der Waals surface area contributed by atoms with Gasteiger partial charge in [-0.1, -0.05) is 25.0 Å². The van der Waals surface area contributed by atoms with Crippen molar-refractivity contribution in [1.29, 1.82) is 0 Å². The van der Waals surface area contributed by atoms with Crippen LogP contribution >= 0.6 is 11.8 Å². The third-order valence-electron chi connectivity index (χ3n) is 3.86. The lowest BCUT2D eigenvalue weighted by atomic mass is 10.2. The summed E-state index contributed by atoms with van der Waals surface area (Å²) in [5.41, 5.74) is 0. The van der Waals surface area contributed by atoms with Crippen LogP contribution in [0.5, 0.6) is 11.5 Å². The van der Waals surface area contributed by atoms with Crippen LogP contribution in [0.1, 0.15) is 25.7 Å². The monoisotopic (exact) mass is 307 g/mol. The van der Waals surface area contributed by atoms with E-state index in [0.29, 0.717) is 18.0 Å². The summed E-state index contributed by atoms with van der Waals surface area (Å²) in [4.78, 5) is 12.1. The maximum Gasteiger partial charge on any atom is 0.264 e. The Kier molecular flexibility index (Phi) is 4.91.